The molecule has 3 aromatic rings. The predicted octanol–water partition coefficient (Wildman–Crippen LogP) is 3.26. The Balaban J connectivity index is 1.38. The molecule has 0 saturated carbocycles. The number of nitrogens with zero attached hydrogens (tertiary/aromatic N) is 2. The lowest BCUT2D eigenvalue weighted by atomic mass is 10.1. The number of hydrogen-bond donors (Lipinski definition) is 1. The smallest absolute Gasteiger partial charge is 0.294 e. The molecule has 1 aromatic heterocycles. The highest BCUT2D eigenvalue weighted by molar-refractivity contribution is 6.04. The summed E-state index contributed by atoms with van der Waals surface area (Å²) in [6, 6.07) is 16.6. The number of hydrogen-bond acceptors (Lipinski definition) is 5. The highest BCUT2D eigenvalue weighted by atomic mass is 19.1. The SMILES string of the molecule is O=C(Cc1ccc(N(Cc2ccc(F)cc2)C(=O)c2ccco2)cc1)NCCN1CCOCC1. The van der Waals surface area contributed by atoms with E-state index in [-0.39, 0.29) is 36.4 Å². The van der Waals surface area contributed by atoms with Gasteiger partial charge in [0.2, 0.25) is 5.91 Å². The van der Waals surface area contributed by atoms with Gasteiger partial charge in [-0.05, 0) is 47.5 Å². The second kappa shape index (κ2) is 11.6. The summed E-state index contributed by atoms with van der Waals surface area (Å²) in [6.07, 6.45) is 1.71. The van der Waals surface area contributed by atoms with Crippen LogP contribution in [0.2, 0.25) is 0 Å². The molecule has 2 aromatic carbocycles. The summed E-state index contributed by atoms with van der Waals surface area (Å²) in [5, 5.41) is 2.96. The van der Waals surface area contributed by atoms with Gasteiger partial charge in [0.15, 0.2) is 5.76 Å². The molecule has 1 aliphatic heterocycles. The quantitative estimate of drug-likeness (QED) is 0.525. The number of furan rings is 1. The van der Waals surface area contributed by atoms with Gasteiger partial charge in [0.1, 0.15) is 5.82 Å². The standard InChI is InChI=1S/C26H28FN3O4/c27-22-7-3-21(4-8-22)19-30(26(32)24-2-1-15-34-24)23-9-5-20(6-10-23)18-25(31)28-11-12-29-13-16-33-17-14-29/h1-10,15H,11-14,16-19H2,(H,28,31). The van der Waals surface area contributed by atoms with Crippen LogP contribution in [0.5, 0.6) is 0 Å². The van der Waals surface area contributed by atoms with Crippen LogP contribution in [0.3, 0.4) is 0 Å². The number of carbonyl (C=O) groups excluding carboxylic acids is 2. The van der Waals surface area contributed by atoms with E-state index in [9.17, 15) is 14.0 Å². The molecule has 0 spiro atoms. The van der Waals surface area contributed by atoms with Crippen molar-refractivity contribution in [2.75, 3.05) is 44.3 Å². The minimum absolute atomic E-state index is 0.0455. The Labute approximate surface area is 198 Å². The Hall–Kier alpha value is -3.49. The molecule has 1 saturated heterocycles. The molecular formula is C26H28FN3O4. The van der Waals surface area contributed by atoms with E-state index in [4.69, 9.17) is 9.15 Å². The molecule has 34 heavy (non-hydrogen) atoms. The zero-order chi connectivity index (χ0) is 23.8. The van der Waals surface area contributed by atoms with E-state index < -0.39 is 0 Å². The monoisotopic (exact) mass is 465 g/mol. The van der Waals surface area contributed by atoms with Gasteiger partial charge in [-0.2, -0.15) is 0 Å². The van der Waals surface area contributed by atoms with Crippen LogP contribution < -0.4 is 10.2 Å². The van der Waals surface area contributed by atoms with E-state index in [2.05, 4.69) is 10.2 Å². The van der Waals surface area contributed by atoms with Crippen molar-refractivity contribution in [2.24, 2.45) is 0 Å². The van der Waals surface area contributed by atoms with Crippen molar-refractivity contribution in [3.63, 3.8) is 0 Å². The van der Waals surface area contributed by atoms with Crippen LogP contribution in [0.1, 0.15) is 21.7 Å². The lowest BCUT2D eigenvalue weighted by Gasteiger charge is -2.26. The van der Waals surface area contributed by atoms with Gasteiger partial charge in [-0.1, -0.05) is 24.3 Å². The van der Waals surface area contributed by atoms with Gasteiger partial charge in [-0.25, -0.2) is 4.39 Å². The second-order valence-corrected chi connectivity index (χ2v) is 8.14. The fraction of sp³-hybridized carbons (Fsp3) is 0.308. The Morgan fingerprint density at radius 2 is 1.68 bits per heavy atom. The second-order valence-electron chi connectivity index (χ2n) is 8.14. The van der Waals surface area contributed by atoms with E-state index in [1.165, 1.54) is 18.4 Å². The van der Waals surface area contributed by atoms with Gasteiger partial charge in [0.05, 0.1) is 32.4 Å². The molecule has 0 bridgehead atoms. The van der Waals surface area contributed by atoms with E-state index in [1.807, 2.05) is 12.1 Å². The van der Waals surface area contributed by atoms with Crippen LogP contribution in [0, 0.1) is 5.82 Å². The first-order valence-corrected chi connectivity index (χ1v) is 11.3. The fourth-order valence-electron chi connectivity index (χ4n) is 3.81. The normalized spacial score (nSPS) is 14.0. The van der Waals surface area contributed by atoms with Crippen LogP contribution in [0.4, 0.5) is 10.1 Å². The van der Waals surface area contributed by atoms with Crippen molar-refractivity contribution in [3.05, 3.63) is 89.6 Å². The van der Waals surface area contributed by atoms with E-state index >= 15 is 0 Å². The summed E-state index contributed by atoms with van der Waals surface area (Å²) in [6.45, 7) is 4.91. The third-order valence-electron chi connectivity index (χ3n) is 5.70. The number of morpholine rings is 1. The molecule has 4 rings (SSSR count). The average Bonchev–Trinajstić information content (AvgIpc) is 3.40. The lowest BCUT2D eigenvalue weighted by Crippen LogP contribution is -2.41. The molecular weight excluding hydrogens is 437 g/mol. The maximum Gasteiger partial charge on any atom is 0.294 e. The minimum Gasteiger partial charge on any atom is -0.459 e. The highest BCUT2D eigenvalue weighted by Crippen LogP contribution is 2.22. The molecule has 1 aliphatic rings. The number of nitrogens with one attached hydrogen (secondary N) is 1. The Bertz CT molecular complexity index is 1060. The first-order valence-electron chi connectivity index (χ1n) is 11.3. The average molecular weight is 466 g/mol. The third kappa shape index (κ3) is 6.52. The number of carbonyl (C=O) groups is 2. The van der Waals surface area contributed by atoms with Gasteiger partial charge >= 0.3 is 0 Å². The van der Waals surface area contributed by atoms with Gasteiger partial charge in [0.25, 0.3) is 5.91 Å². The molecule has 2 amide bonds. The molecule has 0 aliphatic carbocycles. The number of ether oxygens (including phenoxy) is 1. The topological polar surface area (TPSA) is 75.0 Å². The summed E-state index contributed by atoms with van der Waals surface area (Å²) in [5.74, 6) is -0.468. The highest BCUT2D eigenvalue weighted by Gasteiger charge is 2.21. The molecule has 1 N–H and O–H groups in total. The van der Waals surface area contributed by atoms with Gasteiger partial charge in [-0.3, -0.25) is 14.5 Å². The molecule has 0 unspecified atom stereocenters. The van der Waals surface area contributed by atoms with Gasteiger partial charge in [-0.15, -0.1) is 0 Å². The largest absolute Gasteiger partial charge is 0.459 e. The molecule has 0 radical (unpaired) electrons. The Morgan fingerprint density at radius 3 is 2.35 bits per heavy atom. The molecule has 2 heterocycles. The van der Waals surface area contributed by atoms with Gasteiger partial charge in [0, 0.05) is 31.9 Å². The third-order valence-corrected chi connectivity index (χ3v) is 5.70. The summed E-state index contributed by atoms with van der Waals surface area (Å²) in [5.41, 5.74) is 2.28. The van der Waals surface area contributed by atoms with Crippen LogP contribution in [0.15, 0.2) is 71.3 Å². The first-order chi connectivity index (χ1) is 16.6. The maximum atomic E-state index is 13.3. The fourth-order valence-corrected chi connectivity index (χ4v) is 3.81. The lowest BCUT2D eigenvalue weighted by molar-refractivity contribution is -0.120. The van der Waals surface area contributed by atoms with E-state index in [0.29, 0.717) is 12.2 Å². The minimum atomic E-state index is -0.333. The number of anilines is 1. The van der Waals surface area contributed by atoms with Crippen LogP contribution in [-0.4, -0.2) is 56.1 Å². The first kappa shape index (κ1) is 23.7. The van der Waals surface area contributed by atoms with Crippen molar-refractivity contribution < 1.29 is 23.1 Å². The maximum absolute atomic E-state index is 13.3. The van der Waals surface area contributed by atoms with Crippen molar-refractivity contribution in [3.8, 4) is 0 Å². The summed E-state index contributed by atoms with van der Waals surface area (Å²) < 4.78 is 23.9. The van der Waals surface area contributed by atoms with Crippen molar-refractivity contribution in [1.29, 1.82) is 0 Å². The van der Waals surface area contributed by atoms with Crippen molar-refractivity contribution >= 4 is 17.5 Å². The number of benzene rings is 2. The van der Waals surface area contributed by atoms with Crippen LogP contribution in [-0.2, 0) is 22.5 Å². The van der Waals surface area contributed by atoms with Crippen LogP contribution in [0.25, 0.3) is 0 Å². The van der Waals surface area contributed by atoms with E-state index in [1.54, 1.807) is 41.3 Å². The number of halogens is 1. The van der Waals surface area contributed by atoms with Crippen LogP contribution >= 0.6 is 0 Å². The van der Waals surface area contributed by atoms with Crippen molar-refractivity contribution in [1.82, 2.24) is 10.2 Å². The zero-order valence-electron chi connectivity index (χ0n) is 18.9. The molecule has 0 atom stereocenters. The summed E-state index contributed by atoms with van der Waals surface area (Å²) in [4.78, 5) is 29.3. The molecule has 7 nitrogen and oxygen atoms in total. The van der Waals surface area contributed by atoms with E-state index in [0.717, 1.165) is 44.0 Å². The molecule has 1 fully saturated rings. The Kier molecular flexibility index (Phi) is 8.06. The zero-order valence-corrected chi connectivity index (χ0v) is 18.9. The summed E-state index contributed by atoms with van der Waals surface area (Å²) >= 11 is 0. The molecule has 178 valence electrons. The summed E-state index contributed by atoms with van der Waals surface area (Å²) in [7, 11) is 0. The Morgan fingerprint density at radius 1 is 0.971 bits per heavy atom. The predicted molar refractivity (Wildman–Crippen MR) is 126 cm³/mol. The molecule has 8 heteroatoms. The van der Waals surface area contributed by atoms with Gasteiger partial charge < -0.3 is 19.4 Å². The number of amides is 2. The van der Waals surface area contributed by atoms with Crippen molar-refractivity contribution in [2.45, 2.75) is 13.0 Å². The number of rotatable bonds is 9.